The molecule has 1 saturated heterocycles. The summed E-state index contributed by atoms with van der Waals surface area (Å²) in [4.78, 5) is 14.0. The van der Waals surface area contributed by atoms with E-state index in [1.807, 2.05) is 18.7 Å². The van der Waals surface area contributed by atoms with E-state index in [-0.39, 0.29) is 23.9 Å². The van der Waals surface area contributed by atoms with Gasteiger partial charge in [0.25, 0.3) is 0 Å². The van der Waals surface area contributed by atoms with E-state index in [0.717, 1.165) is 19.3 Å². The number of carbonyl (C=O) groups is 1. The molecule has 0 unspecified atom stereocenters. The van der Waals surface area contributed by atoms with E-state index in [0.29, 0.717) is 19.7 Å². The zero-order chi connectivity index (χ0) is 11.1. The average molecular weight is 249 g/mol. The van der Waals surface area contributed by atoms with E-state index in [9.17, 15) is 4.79 Å². The van der Waals surface area contributed by atoms with Gasteiger partial charge in [0.1, 0.15) is 0 Å². The Morgan fingerprint density at radius 3 is 2.44 bits per heavy atom. The quantitative estimate of drug-likeness (QED) is 0.751. The first-order valence-electron chi connectivity index (χ1n) is 5.65. The van der Waals surface area contributed by atoms with Crippen LogP contribution < -0.4 is 5.73 Å². The summed E-state index contributed by atoms with van der Waals surface area (Å²) in [7, 11) is 0. The molecule has 1 heterocycles. The average Bonchev–Trinajstić information content (AvgIpc) is 2.11. The third-order valence-electron chi connectivity index (χ3n) is 3.38. The van der Waals surface area contributed by atoms with Crippen molar-refractivity contribution in [1.29, 1.82) is 0 Å². The Labute approximate surface area is 103 Å². The van der Waals surface area contributed by atoms with Gasteiger partial charge < -0.3 is 15.4 Å². The molecule has 0 aromatic rings. The van der Waals surface area contributed by atoms with Gasteiger partial charge in [-0.2, -0.15) is 0 Å². The summed E-state index contributed by atoms with van der Waals surface area (Å²) in [5, 5.41) is 0. The van der Waals surface area contributed by atoms with Crippen molar-refractivity contribution in [3.8, 4) is 0 Å². The molecule has 1 aliphatic heterocycles. The van der Waals surface area contributed by atoms with Gasteiger partial charge >= 0.3 is 0 Å². The van der Waals surface area contributed by atoms with Gasteiger partial charge in [0.05, 0.1) is 17.7 Å². The number of carbonyl (C=O) groups excluding carboxylic acids is 1. The number of amides is 1. The van der Waals surface area contributed by atoms with Crippen LogP contribution in [0.4, 0.5) is 0 Å². The van der Waals surface area contributed by atoms with Gasteiger partial charge in [0.15, 0.2) is 0 Å². The van der Waals surface area contributed by atoms with Crippen LogP contribution in [0.5, 0.6) is 0 Å². The largest absolute Gasteiger partial charge is 0.372 e. The van der Waals surface area contributed by atoms with Crippen LogP contribution in [0, 0.1) is 0 Å². The van der Waals surface area contributed by atoms with Crippen LogP contribution >= 0.6 is 12.4 Å². The second kappa shape index (κ2) is 4.51. The molecular weight excluding hydrogens is 228 g/mol. The van der Waals surface area contributed by atoms with Gasteiger partial charge in [-0.3, -0.25) is 4.79 Å². The lowest BCUT2D eigenvalue weighted by Crippen LogP contribution is -2.63. The molecule has 2 fully saturated rings. The van der Waals surface area contributed by atoms with Gasteiger partial charge in [-0.25, -0.2) is 0 Å². The summed E-state index contributed by atoms with van der Waals surface area (Å²) in [5.74, 6) is 0.116. The number of hydrogen-bond acceptors (Lipinski definition) is 3. The highest BCUT2D eigenvalue weighted by molar-refractivity contribution is 5.87. The zero-order valence-electron chi connectivity index (χ0n) is 9.99. The highest BCUT2D eigenvalue weighted by Crippen LogP contribution is 2.32. The SMILES string of the molecule is CC1(C)CN(C(=O)C2(N)CCC2)CCO1.Cl. The fourth-order valence-corrected chi connectivity index (χ4v) is 2.28. The van der Waals surface area contributed by atoms with Crippen LogP contribution in [-0.4, -0.2) is 41.6 Å². The molecule has 1 aliphatic carbocycles. The Morgan fingerprint density at radius 1 is 1.38 bits per heavy atom. The summed E-state index contributed by atoms with van der Waals surface area (Å²) in [6.45, 7) is 5.98. The van der Waals surface area contributed by atoms with Crippen LogP contribution in [0.2, 0.25) is 0 Å². The Balaban J connectivity index is 0.00000128. The van der Waals surface area contributed by atoms with Crippen molar-refractivity contribution in [2.45, 2.75) is 44.2 Å². The minimum absolute atomic E-state index is 0. The number of halogens is 1. The molecule has 0 spiro atoms. The van der Waals surface area contributed by atoms with Gasteiger partial charge in [-0.1, -0.05) is 0 Å². The van der Waals surface area contributed by atoms with Crippen molar-refractivity contribution < 1.29 is 9.53 Å². The fraction of sp³-hybridized carbons (Fsp3) is 0.909. The van der Waals surface area contributed by atoms with Gasteiger partial charge in [0, 0.05) is 13.1 Å². The van der Waals surface area contributed by atoms with Crippen molar-refractivity contribution in [2.75, 3.05) is 19.7 Å². The Kier molecular flexibility index (Phi) is 3.87. The summed E-state index contributed by atoms with van der Waals surface area (Å²) >= 11 is 0. The van der Waals surface area contributed by atoms with Crippen molar-refractivity contribution in [1.82, 2.24) is 4.90 Å². The summed E-state index contributed by atoms with van der Waals surface area (Å²) in [6, 6.07) is 0. The Morgan fingerprint density at radius 2 is 2.00 bits per heavy atom. The third kappa shape index (κ3) is 2.50. The molecule has 16 heavy (non-hydrogen) atoms. The minimum atomic E-state index is -0.562. The predicted molar refractivity (Wildman–Crippen MR) is 64.6 cm³/mol. The van der Waals surface area contributed by atoms with E-state index in [2.05, 4.69) is 0 Å². The zero-order valence-corrected chi connectivity index (χ0v) is 10.8. The van der Waals surface area contributed by atoms with Crippen LogP contribution in [0.25, 0.3) is 0 Å². The molecule has 5 heteroatoms. The number of ether oxygens (including phenoxy) is 1. The Hall–Kier alpha value is -0.320. The van der Waals surface area contributed by atoms with E-state index < -0.39 is 5.54 Å². The van der Waals surface area contributed by atoms with Crippen LogP contribution in [0.15, 0.2) is 0 Å². The highest BCUT2D eigenvalue weighted by Gasteiger charge is 2.44. The van der Waals surface area contributed by atoms with Gasteiger partial charge in [-0.05, 0) is 33.1 Å². The number of nitrogens with two attached hydrogens (primary N) is 1. The minimum Gasteiger partial charge on any atom is -0.372 e. The maximum Gasteiger partial charge on any atom is 0.242 e. The van der Waals surface area contributed by atoms with E-state index in [1.54, 1.807) is 0 Å². The number of nitrogens with zero attached hydrogens (tertiary/aromatic N) is 1. The van der Waals surface area contributed by atoms with E-state index in [1.165, 1.54) is 0 Å². The second-order valence-corrected chi connectivity index (χ2v) is 5.34. The van der Waals surface area contributed by atoms with Crippen LogP contribution in [-0.2, 0) is 9.53 Å². The molecule has 4 nitrogen and oxygen atoms in total. The second-order valence-electron chi connectivity index (χ2n) is 5.34. The molecular formula is C11H21ClN2O2. The van der Waals surface area contributed by atoms with Gasteiger partial charge in [-0.15, -0.1) is 12.4 Å². The first-order chi connectivity index (χ1) is 6.93. The van der Waals surface area contributed by atoms with Crippen molar-refractivity contribution in [3.05, 3.63) is 0 Å². The third-order valence-corrected chi connectivity index (χ3v) is 3.38. The first-order valence-corrected chi connectivity index (χ1v) is 5.65. The molecule has 1 saturated carbocycles. The van der Waals surface area contributed by atoms with E-state index >= 15 is 0 Å². The molecule has 94 valence electrons. The van der Waals surface area contributed by atoms with Gasteiger partial charge in [0.2, 0.25) is 5.91 Å². The maximum atomic E-state index is 12.1. The molecule has 0 aromatic carbocycles. The highest BCUT2D eigenvalue weighted by atomic mass is 35.5. The summed E-state index contributed by atoms with van der Waals surface area (Å²) in [5.41, 5.74) is 5.24. The monoisotopic (exact) mass is 248 g/mol. The summed E-state index contributed by atoms with van der Waals surface area (Å²) < 4.78 is 5.58. The standard InChI is InChI=1S/C11H20N2O2.ClH/c1-10(2)8-13(6-7-15-10)9(14)11(12)4-3-5-11;/h3-8,12H2,1-2H3;1H. The van der Waals surface area contributed by atoms with Crippen molar-refractivity contribution in [2.24, 2.45) is 5.73 Å². The van der Waals surface area contributed by atoms with Crippen molar-refractivity contribution in [3.63, 3.8) is 0 Å². The molecule has 0 aromatic heterocycles. The normalized spacial score (nSPS) is 26.6. The topological polar surface area (TPSA) is 55.6 Å². The summed E-state index contributed by atoms with van der Waals surface area (Å²) in [6.07, 6.45) is 2.75. The lowest BCUT2D eigenvalue weighted by molar-refractivity contribution is -0.154. The fourth-order valence-electron chi connectivity index (χ4n) is 2.28. The number of hydrogen-bond donors (Lipinski definition) is 1. The molecule has 0 bridgehead atoms. The lowest BCUT2D eigenvalue weighted by Gasteiger charge is -2.45. The van der Waals surface area contributed by atoms with Crippen LogP contribution in [0.1, 0.15) is 33.1 Å². The number of rotatable bonds is 1. The molecule has 0 radical (unpaired) electrons. The molecule has 2 aliphatic rings. The Bertz CT molecular complexity index is 277. The van der Waals surface area contributed by atoms with Crippen LogP contribution in [0.3, 0.4) is 0 Å². The molecule has 0 atom stereocenters. The molecule has 2 rings (SSSR count). The smallest absolute Gasteiger partial charge is 0.242 e. The van der Waals surface area contributed by atoms with E-state index in [4.69, 9.17) is 10.5 Å². The van der Waals surface area contributed by atoms with Crippen molar-refractivity contribution >= 4 is 18.3 Å². The predicted octanol–water partition coefficient (Wildman–Crippen LogP) is 0.927. The molecule has 1 amide bonds. The first kappa shape index (κ1) is 13.7. The maximum absolute atomic E-state index is 12.1. The molecule has 2 N–H and O–H groups in total. The lowest BCUT2D eigenvalue weighted by atomic mass is 9.76. The number of morpholine rings is 1.